The molecule has 0 aliphatic heterocycles. The van der Waals surface area contributed by atoms with Gasteiger partial charge in [0.15, 0.2) is 0 Å². The normalized spacial score (nSPS) is 45.8. The minimum Gasteiger partial charge on any atom is -0.392 e. The van der Waals surface area contributed by atoms with Crippen molar-refractivity contribution in [2.45, 2.75) is 44.5 Å². The van der Waals surface area contributed by atoms with Crippen molar-refractivity contribution >= 4 is 0 Å². The van der Waals surface area contributed by atoms with Gasteiger partial charge in [0.05, 0.1) is 12.7 Å². The largest absolute Gasteiger partial charge is 0.392 e. The van der Waals surface area contributed by atoms with E-state index in [1.54, 1.807) is 0 Å². The van der Waals surface area contributed by atoms with Crippen LogP contribution < -0.4 is 0 Å². The zero-order valence-electron chi connectivity index (χ0n) is 12.5. The fourth-order valence-electron chi connectivity index (χ4n) is 3.11. The zero-order chi connectivity index (χ0) is 15.6. The number of aliphatic hydroxyl groups excluding tert-OH is 3. The fourth-order valence-corrected chi connectivity index (χ4v) is 3.11. The van der Waals surface area contributed by atoms with Crippen molar-refractivity contribution < 1.29 is 20.4 Å². The number of hydrogen-bond donors (Lipinski definition) is 4. The number of rotatable bonds is 1. The third kappa shape index (κ3) is 3.56. The Balaban J connectivity index is 2.44. The fraction of sp³-hybridized carbons (Fsp3) is 0.647. The van der Waals surface area contributed by atoms with Crippen molar-refractivity contribution in [3.05, 3.63) is 23.8 Å². The molecule has 0 heterocycles. The lowest BCUT2D eigenvalue weighted by atomic mass is 9.71. The van der Waals surface area contributed by atoms with Crippen molar-refractivity contribution in [3.8, 4) is 11.8 Å². The molecule has 0 aromatic carbocycles. The summed E-state index contributed by atoms with van der Waals surface area (Å²) in [4.78, 5) is 0. The molecule has 116 valence electrons. The molecule has 0 saturated carbocycles. The molecule has 4 N–H and O–H groups in total. The summed E-state index contributed by atoms with van der Waals surface area (Å²) in [5.74, 6) is 5.58. The number of hydrogen-bond acceptors (Lipinski definition) is 4. The molecule has 0 fully saturated rings. The van der Waals surface area contributed by atoms with Gasteiger partial charge in [0.25, 0.3) is 0 Å². The molecule has 0 bridgehead atoms. The molecule has 0 unspecified atom stereocenters. The van der Waals surface area contributed by atoms with Crippen molar-refractivity contribution in [2.75, 3.05) is 6.61 Å². The molecule has 0 aromatic rings. The number of aliphatic hydroxyl groups is 4. The number of allylic oxidation sites excluding steroid dienone is 3. The van der Waals surface area contributed by atoms with Gasteiger partial charge in [-0.25, -0.2) is 0 Å². The van der Waals surface area contributed by atoms with E-state index in [2.05, 4.69) is 30.9 Å². The minimum atomic E-state index is -1.56. The average molecular weight is 292 g/mol. The van der Waals surface area contributed by atoms with Gasteiger partial charge < -0.3 is 20.4 Å². The molecule has 0 spiro atoms. The highest BCUT2D eigenvalue weighted by atomic mass is 16.3. The second-order valence-corrected chi connectivity index (χ2v) is 6.33. The van der Waals surface area contributed by atoms with E-state index in [-0.39, 0.29) is 24.4 Å². The van der Waals surface area contributed by atoms with E-state index in [0.717, 1.165) is 6.42 Å². The second-order valence-electron chi connectivity index (χ2n) is 6.33. The Kier molecular flexibility index (Phi) is 4.90. The Morgan fingerprint density at radius 1 is 1.38 bits per heavy atom. The Hall–Kier alpha value is -1.12. The zero-order valence-corrected chi connectivity index (χ0v) is 12.5. The summed E-state index contributed by atoms with van der Waals surface area (Å²) >= 11 is 0. The van der Waals surface area contributed by atoms with Crippen LogP contribution in [0, 0.1) is 29.6 Å². The summed E-state index contributed by atoms with van der Waals surface area (Å²) in [7, 11) is 0. The number of fused-ring (bicyclic) bond motifs is 1. The van der Waals surface area contributed by atoms with Crippen LogP contribution in [0.1, 0.15) is 26.7 Å². The lowest BCUT2D eigenvalue weighted by Crippen LogP contribution is -2.41. The van der Waals surface area contributed by atoms with Crippen LogP contribution in [0.4, 0.5) is 0 Å². The summed E-state index contributed by atoms with van der Waals surface area (Å²) in [6, 6.07) is 0. The molecule has 21 heavy (non-hydrogen) atoms. The van der Waals surface area contributed by atoms with Crippen LogP contribution >= 0.6 is 0 Å². The first kappa shape index (κ1) is 16.3. The van der Waals surface area contributed by atoms with Gasteiger partial charge in [-0.2, -0.15) is 0 Å². The van der Waals surface area contributed by atoms with E-state index in [4.69, 9.17) is 0 Å². The standard InChI is InChI=1S/C17H24O4/c1-11-4-3-5-12-9-16(20)17(2,21)7-6-15(19)13(10-18)8-14(11)12/h3-4,8,11-12,14-16,18-21H,5,9-10H2,1-2H3/b13-8-/t11-,12-,14-,15+,16-,17-/m1/s1. The molecule has 6 atom stereocenters. The predicted molar refractivity (Wildman–Crippen MR) is 80.1 cm³/mol. The first-order valence-corrected chi connectivity index (χ1v) is 7.44. The van der Waals surface area contributed by atoms with Crippen molar-refractivity contribution in [1.29, 1.82) is 0 Å². The molecule has 0 aromatic heterocycles. The third-order valence-electron chi connectivity index (χ3n) is 4.61. The van der Waals surface area contributed by atoms with Gasteiger partial charge in [-0.15, -0.1) is 0 Å². The highest BCUT2D eigenvalue weighted by Gasteiger charge is 2.35. The smallest absolute Gasteiger partial charge is 0.148 e. The van der Waals surface area contributed by atoms with E-state index in [9.17, 15) is 20.4 Å². The van der Waals surface area contributed by atoms with Gasteiger partial charge in [-0.05, 0) is 43.1 Å². The maximum Gasteiger partial charge on any atom is 0.148 e. The maximum atomic E-state index is 10.3. The first-order chi connectivity index (χ1) is 9.85. The van der Waals surface area contributed by atoms with E-state index in [0.29, 0.717) is 12.0 Å². The molecule has 2 aliphatic rings. The summed E-state index contributed by atoms with van der Waals surface area (Å²) in [5.41, 5.74) is -1.10. The molecule has 0 radical (unpaired) electrons. The Labute approximate surface area is 125 Å². The van der Waals surface area contributed by atoms with Crippen LogP contribution in [0.25, 0.3) is 0 Å². The molecular formula is C17H24O4. The van der Waals surface area contributed by atoms with Crippen LogP contribution in [0.5, 0.6) is 0 Å². The van der Waals surface area contributed by atoms with Gasteiger partial charge in [0.1, 0.15) is 11.7 Å². The second kappa shape index (κ2) is 6.33. The molecule has 0 amide bonds. The Morgan fingerprint density at radius 3 is 2.76 bits per heavy atom. The minimum absolute atomic E-state index is 0.108. The van der Waals surface area contributed by atoms with Crippen molar-refractivity contribution in [3.63, 3.8) is 0 Å². The van der Waals surface area contributed by atoms with E-state index in [1.807, 2.05) is 6.08 Å². The van der Waals surface area contributed by atoms with Gasteiger partial charge in [0.2, 0.25) is 0 Å². The van der Waals surface area contributed by atoms with Gasteiger partial charge in [-0.1, -0.05) is 37.0 Å². The summed E-state index contributed by atoms with van der Waals surface area (Å²) < 4.78 is 0. The summed E-state index contributed by atoms with van der Waals surface area (Å²) in [5, 5.41) is 40.1. The maximum absolute atomic E-state index is 10.3. The third-order valence-corrected chi connectivity index (χ3v) is 4.61. The van der Waals surface area contributed by atoms with Gasteiger partial charge in [0, 0.05) is 0 Å². The Morgan fingerprint density at radius 2 is 2.10 bits per heavy atom. The Bertz CT molecular complexity index is 495. The molecule has 2 rings (SSSR count). The first-order valence-electron chi connectivity index (χ1n) is 7.44. The van der Waals surface area contributed by atoms with E-state index >= 15 is 0 Å². The highest BCUT2D eigenvalue weighted by molar-refractivity contribution is 5.28. The molecule has 4 nitrogen and oxygen atoms in total. The monoisotopic (exact) mass is 292 g/mol. The lowest BCUT2D eigenvalue weighted by molar-refractivity contribution is -0.0357. The van der Waals surface area contributed by atoms with Crippen molar-refractivity contribution in [1.82, 2.24) is 0 Å². The van der Waals surface area contributed by atoms with Crippen LogP contribution in [0.15, 0.2) is 23.8 Å². The van der Waals surface area contributed by atoms with Crippen LogP contribution in [-0.4, -0.2) is 44.8 Å². The van der Waals surface area contributed by atoms with E-state index < -0.39 is 17.8 Å². The molecule has 4 heteroatoms. The molecule has 0 saturated heterocycles. The SMILES string of the molecule is C[C@@H]1C=CC[C@@H]2C[C@@H](O)[C@](C)(O)C#C[C@H](O)/C(CO)=C\[C@@H]21. The predicted octanol–water partition coefficient (Wildman–Crippen LogP) is 0.613. The van der Waals surface area contributed by atoms with Gasteiger partial charge in [-0.3, -0.25) is 0 Å². The quantitative estimate of drug-likeness (QED) is 0.422. The van der Waals surface area contributed by atoms with Crippen LogP contribution in [0.2, 0.25) is 0 Å². The van der Waals surface area contributed by atoms with E-state index in [1.165, 1.54) is 6.92 Å². The molecule has 2 aliphatic carbocycles. The summed E-state index contributed by atoms with van der Waals surface area (Å²) in [6.07, 6.45) is 5.25. The van der Waals surface area contributed by atoms with Crippen LogP contribution in [0.3, 0.4) is 0 Å². The summed E-state index contributed by atoms with van der Waals surface area (Å²) in [6.45, 7) is 3.27. The average Bonchev–Trinajstić information content (AvgIpc) is 2.43. The molecular weight excluding hydrogens is 268 g/mol. The van der Waals surface area contributed by atoms with Crippen LogP contribution in [-0.2, 0) is 0 Å². The van der Waals surface area contributed by atoms with Gasteiger partial charge >= 0.3 is 0 Å². The lowest BCUT2D eigenvalue weighted by Gasteiger charge is -2.36. The highest BCUT2D eigenvalue weighted by Crippen LogP contribution is 2.37. The topological polar surface area (TPSA) is 80.9 Å². The van der Waals surface area contributed by atoms with Crippen molar-refractivity contribution in [2.24, 2.45) is 17.8 Å².